The highest BCUT2D eigenvalue weighted by Crippen LogP contribution is 2.04. The van der Waals surface area contributed by atoms with Crippen LogP contribution in [0.15, 0.2) is 28.4 Å². The third-order valence-electron chi connectivity index (χ3n) is 1.31. The van der Waals surface area contributed by atoms with Crippen molar-refractivity contribution in [3.05, 3.63) is 23.4 Å². The zero-order valence-corrected chi connectivity index (χ0v) is 7.18. The largest absolute Gasteiger partial charge is 0.266 e. The number of hydrogen-bond acceptors (Lipinski definition) is 1. The van der Waals surface area contributed by atoms with Crippen LogP contribution in [0.1, 0.15) is 27.7 Å². The molecule has 0 rings (SSSR count). The Morgan fingerprint density at radius 1 is 1.20 bits per heavy atom. The molecular formula is C9H15N. The van der Waals surface area contributed by atoms with Crippen molar-refractivity contribution in [2.45, 2.75) is 27.7 Å². The highest BCUT2D eigenvalue weighted by atomic mass is 14.7. The maximum absolute atomic E-state index is 4.15. The smallest absolute Gasteiger partial charge is 0.0397 e. The Hall–Kier alpha value is -0.850. The van der Waals surface area contributed by atoms with Crippen molar-refractivity contribution in [1.82, 2.24) is 0 Å². The average Bonchev–Trinajstić information content (AvgIpc) is 1.89. The van der Waals surface area contributed by atoms with Crippen molar-refractivity contribution in [1.29, 1.82) is 0 Å². The molecule has 0 aliphatic heterocycles. The van der Waals surface area contributed by atoms with Gasteiger partial charge < -0.3 is 0 Å². The van der Waals surface area contributed by atoms with Crippen LogP contribution in [-0.2, 0) is 0 Å². The van der Waals surface area contributed by atoms with Crippen LogP contribution in [0.4, 0.5) is 0 Å². The van der Waals surface area contributed by atoms with E-state index in [0.29, 0.717) is 0 Å². The van der Waals surface area contributed by atoms with Crippen LogP contribution in [-0.4, -0.2) is 6.21 Å². The summed E-state index contributed by atoms with van der Waals surface area (Å²) in [5.74, 6) is 0. The summed E-state index contributed by atoms with van der Waals surface area (Å²) in [7, 11) is 0. The van der Waals surface area contributed by atoms with Crippen molar-refractivity contribution in [3.8, 4) is 0 Å². The predicted molar refractivity (Wildman–Crippen MR) is 47.4 cm³/mol. The molecule has 0 atom stereocenters. The summed E-state index contributed by atoms with van der Waals surface area (Å²) in [6, 6.07) is 0. The first-order chi connectivity index (χ1) is 4.72. The molecule has 1 nitrogen and oxygen atoms in total. The van der Waals surface area contributed by atoms with Crippen molar-refractivity contribution in [2.75, 3.05) is 0 Å². The van der Waals surface area contributed by atoms with E-state index in [2.05, 4.69) is 18.0 Å². The Morgan fingerprint density at radius 3 is 2.20 bits per heavy atom. The molecule has 0 aromatic carbocycles. The molecule has 1 heteroatoms. The van der Waals surface area contributed by atoms with Gasteiger partial charge in [0.25, 0.3) is 0 Å². The predicted octanol–water partition coefficient (Wildman–Crippen LogP) is 2.95. The number of aliphatic imine (C=N–C) groups is 1. The van der Waals surface area contributed by atoms with E-state index in [1.807, 2.05) is 33.1 Å². The Balaban J connectivity index is 4.33. The van der Waals surface area contributed by atoms with Crippen molar-refractivity contribution in [3.63, 3.8) is 0 Å². The molecule has 0 unspecified atom stereocenters. The maximum Gasteiger partial charge on any atom is 0.0397 e. The maximum atomic E-state index is 4.15. The van der Waals surface area contributed by atoms with Gasteiger partial charge in [-0.1, -0.05) is 12.2 Å². The van der Waals surface area contributed by atoms with Gasteiger partial charge in [0, 0.05) is 11.9 Å². The SMILES string of the molecule is CC=N/C(C)=C(C)\C=C/C. The minimum Gasteiger partial charge on any atom is -0.266 e. The molecule has 10 heavy (non-hydrogen) atoms. The lowest BCUT2D eigenvalue weighted by atomic mass is 10.2. The standard InChI is InChI=1S/C9H15N/c1-5-7-8(3)9(4)10-6-2/h5-7H,1-4H3/b7-5-,9-8-,10-6?. The molecule has 0 N–H and O–H groups in total. The Labute approximate surface area is 63.2 Å². The number of rotatable bonds is 2. The Kier molecular flexibility index (Phi) is 4.55. The van der Waals surface area contributed by atoms with Gasteiger partial charge in [0.1, 0.15) is 0 Å². The van der Waals surface area contributed by atoms with Crippen LogP contribution >= 0.6 is 0 Å². The highest BCUT2D eigenvalue weighted by Gasteiger charge is 1.86. The topological polar surface area (TPSA) is 12.4 Å². The summed E-state index contributed by atoms with van der Waals surface area (Å²) >= 11 is 0. The zero-order chi connectivity index (χ0) is 7.98. The molecule has 0 aliphatic carbocycles. The third kappa shape index (κ3) is 3.23. The molecule has 0 saturated heterocycles. The van der Waals surface area contributed by atoms with E-state index < -0.39 is 0 Å². The van der Waals surface area contributed by atoms with Crippen LogP contribution < -0.4 is 0 Å². The first-order valence-electron chi connectivity index (χ1n) is 3.51. The van der Waals surface area contributed by atoms with Crippen molar-refractivity contribution < 1.29 is 0 Å². The second kappa shape index (κ2) is 4.98. The first kappa shape index (κ1) is 9.15. The lowest BCUT2D eigenvalue weighted by molar-refractivity contribution is 1.24. The summed E-state index contributed by atoms with van der Waals surface area (Å²) in [4.78, 5) is 4.15. The molecule has 0 heterocycles. The summed E-state index contributed by atoms with van der Waals surface area (Å²) in [5, 5.41) is 0. The van der Waals surface area contributed by atoms with Gasteiger partial charge in [0.15, 0.2) is 0 Å². The molecule has 0 bridgehead atoms. The van der Waals surface area contributed by atoms with Crippen LogP contribution in [0.5, 0.6) is 0 Å². The van der Waals surface area contributed by atoms with E-state index in [4.69, 9.17) is 0 Å². The van der Waals surface area contributed by atoms with Gasteiger partial charge in [-0.3, -0.25) is 4.99 Å². The van der Waals surface area contributed by atoms with Gasteiger partial charge in [0.05, 0.1) is 0 Å². The summed E-state index contributed by atoms with van der Waals surface area (Å²) < 4.78 is 0. The molecule has 0 radical (unpaired) electrons. The van der Waals surface area contributed by atoms with Crippen LogP contribution in [0.2, 0.25) is 0 Å². The molecule has 0 aromatic rings. The monoisotopic (exact) mass is 137 g/mol. The van der Waals surface area contributed by atoms with Gasteiger partial charge in [0.2, 0.25) is 0 Å². The molecule has 0 saturated carbocycles. The second-order valence-corrected chi connectivity index (χ2v) is 2.16. The fraction of sp³-hybridized carbons (Fsp3) is 0.444. The second-order valence-electron chi connectivity index (χ2n) is 2.16. The van der Waals surface area contributed by atoms with Crippen molar-refractivity contribution in [2.24, 2.45) is 4.99 Å². The van der Waals surface area contributed by atoms with Gasteiger partial charge in [-0.05, 0) is 33.3 Å². The molecule has 0 aliphatic rings. The van der Waals surface area contributed by atoms with E-state index in [1.165, 1.54) is 5.57 Å². The summed E-state index contributed by atoms with van der Waals surface area (Å²) in [5.41, 5.74) is 2.31. The lowest BCUT2D eigenvalue weighted by Gasteiger charge is -1.94. The molecule has 56 valence electrons. The quantitative estimate of drug-likeness (QED) is 0.410. The molecule has 0 aromatic heterocycles. The van der Waals surface area contributed by atoms with Gasteiger partial charge in [-0.2, -0.15) is 0 Å². The zero-order valence-electron chi connectivity index (χ0n) is 7.18. The van der Waals surface area contributed by atoms with Gasteiger partial charge >= 0.3 is 0 Å². The minimum absolute atomic E-state index is 1.08. The highest BCUT2D eigenvalue weighted by molar-refractivity contribution is 5.55. The Morgan fingerprint density at radius 2 is 1.80 bits per heavy atom. The van der Waals surface area contributed by atoms with E-state index in [9.17, 15) is 0 Å². The number of nitrogens with zero attached hydrogens (tertiary/aromatic N) is 1. The van der Waals surface area contributed by atoms with E-state index in [1.54, 1.807) is 0 Å². The normalized spacial score (nSPS) is 14.8. The lowest BCUT2D eigenvalue weighted by Crippen LogP contribution is -1.75. The number of allylic oxidation sites excluding steroid dienone is 4. The molecule has 0 spiro atoms. The number of hydrogen-bond donors (Lipinski definition) is 0. The summed E-state index contributed by atoms with van der Waals surface area (Å²) in [6.07, 6.45) is 5.88. The van der Waals surface area contributed by atoms with Gasteiger partial charge in [-0.15, -0.1) is 0 Å². The van der Waals surface area contributed by atoms with Crippen LogP contribution in [0.3, 0.4) is 0 Å². The molecule has 0 amide bonds. The van der Waals surface area contributed by atoms with E-state index in [0.717, 1.165) is 5.70 Å². The van der Waals surface area contributed by atoms with Gasteiger partial charge in [-0.25, -0.2) is 0 Å². The first-order valence-corrected chi connectivity index (χ1v) is 3.51. The fourth-order valence-electron chi connectivity index (χ4n) is 0.666. The minimum atomic E-state index is 1.08. The third-order valence-corrected chi connectivity index (χ3v) is 1.31. The Bertz CT molecular complexity index is 153. The van der Waals surface area contributed by atoms with E-state index >= 15 is 0 Å². The van der Waals surface area contributed by atoms with Crippen molar-refractivity contribution >= 4 is 6.21 Å². The summed E-state index contributed by atoms with van der Waals surface area (Å²) in [6.45, 7) is 8.00. The molecule has 0 fully saturated rings. The van der Waals surface area contributed by atoms with E-state index in [-0.39, 0.29) is 0 Å². The molecular weight excluding hydrogens is 122 g/mol. The fourth-order valence-corrected chi connectivity index (χ4v) is 0.666. The average molecular weight is 137 g/mol. The van der Waals surface area contributed by atoms with Crippen LogP contribution in [0.25, 0.3) is 0 Å². The van der Waals surface area contributed by atoms with Crippen LogP contribution in [0, 0.1) is 0 Å².